The van der Waals surface area contributed by atoms with Crippen LogP contribution in [0.1, 0.15) is 25.0 Å². The second-order valence-corrected chi connectivity index (χ2v) is 6.04. The Morgan fingerprint density at radius 2 is 1.71 bits per heavy atom. The number of hydrogen-bond acceptors (Lipinski definition) is 3. The van der Waals surface area contributed by atoms with E-state index in [0.717, 1.165) is 6.07 Å². The highest BCUT2D eigenvalue weighted by atomic mass is 127. The van der Waals surface area contributed by atoms with Crippen LogP contribution in [0.5, 0.6) is 11.5 Å². The van der Waals surface area contributed by atoms with Crippen molar-refractivity contribution in [3.63, 3.8) is 0 Å². The second-order valence-electron chi connectivity index (χ2n) is 6.04. The molecule has 0 bridgehead atoms. The van der Waals surface area contributed by atoms with Gasteiger partial charge in [0.05, 0.1) is 25.3 Å². The number of benzene rings is 2. The van der Waals surface area contributed by atoms with Gasteiger partial charge >= 0.3 is 6.18 Å². The Labute approximate surface area is 179 Å². The zero-order valence-electron chi connectivity index (χ0n) is 15.7. The summed E-state index contributed by atoms with van der Waals surface area (Å²) in [6.45, 7) is 3.28. The zero-order valence-corrected chi connectivity index (χ0v) is 18.0. The highest BCUT2D eigenvalue weighted by Crippen LogP contribution is 2.35. The van der Waals surface area contributed by atoms with Gasteiger partial charge in [-0.05, 0) is 55.8 Å². The molecule has 3 N–H and O–H groups in total. The quantitative estimate of drug-likeness (QED) is 0.325. The number of methoxy groups -OCH3 is 1. The van der Waals surface area contributed by atoms with Crippen LogP contribution in [0, 0.1) is 0 Å². The molecule has 0 fully saturated rings. The maximum Gasteiger partial charge on any atom is 0.416 e. The average molecular weight is 509 g/mol. The number of nitrogens with zero attached hydrogens (tertiary/aromatic N) is 1. The summed E-state index contributed by atoms with van der Waals surface area (Å²) in [6.07, 6.45) is -4.74. The molecule has 0 aliphatic heterocycles. The number of anilines is 1. The summed E-state index contributed by atoms with van der Waals surface area (Å²) < 4.78 is 50.4. The highest BCUT2D eigenvalue weighted by Gasteiger charge is 2.33. The van der Waals surface area contributed by atoms with Crippen molar-refractivity contribution in [2.75, 3.05) is 12.4 Å². The molecule has 5 nitrogen and oxygen atoms in total. The second kappa shape index (κ2) is 10.4. The summed E-state index contributed by atoms with van der Waals surface area (Å²) >= 11 is 0. The number of halogens is 4. The summed E-state index contributed by atoms with van der Waals surface area (Å²) in [4.78, 5) is 4.01. The van der Waals surface area contributed by atoms with Gasteiger partial charge in [-0.15, -0.1) is 24.0 Å². The SMILES string of the molecule is COc1ccc(NC(N)=NCc2ccc(OC(C)C)cc2C(F)(F)F)cc1.I. The van der Waals surface area contributed by atoms with E-state index < -0.39 is 11.7 Å². The number of nitrogens with two attached hydrogens (primary N) is 1. The van der Waals surface area contributed by atoms with Gasteiger partial charge in [0.2, 0.25) is 0 Å². The lowest BCUT2D eigenvalue weighted by Crippen LogP contribution is -2.22. The van der Waals surface area contributed by atoms with E-state index in [0.29, 0.717) is 11.4 Å². The standard InChI is InChI=1S/C19H22F3N3O2.HI/c1-12(2)27-16-7-4-13(17(10-16)19(20,21)22)11-24-18(23)25-14-5-8-15(26-3)9-6-14;/h4-10,12H,11H2,1-3H3,(H3,23,24,25);1H. The third kappa shape index (κ3) is 7.10. The molecule has 0 atom stereocenters. The molecule has 0 aliphatic carbocycles. The molecule has 0 aromatic heterocycles. The third-order valence-electron chi connectivity index (χ3n) is 3.54. The largest absolute Gasteiger partial charge is 0.497 e. The lowest BCUT2D eigenvalue weighted by molar-refractivity contribution is -0.138. The Morgan fingerprint density at radius 1 is 1.11 bits per heavy atom. The van der Waals surface area contributed by atoms with Gasteiger partial charge in [0.15, 0.2) is 5.96 Å². The Bertz CT molecular complexity index is 794. The Morgan fingerprint density at radius 3 is 2.25 bits per heavy atom. The first-order chi connectivity index (χ1) is 12.7. The fourth-order valence-electron chi connectivity index (χ4n) is 2.33. The monoisotopic (exact) mass is 509 g/mol. The molecular weight excluding hydrogens is 486 g/mol. The molecule has 9 heteroatoms. The maximum atomic E-state index is 13.3. The summed E-state index contributed by atoms with van der Waals surface area (Å²) in [5.74, 6) is 0.847. The number of hydrogen-bond donors (Lipinski definition) is 2. The molecule has 2 aromatic rings. The predicted molar refractivity (Wildman–Crippen MR) is 115 cm³/mol. The van der Waals surface area contributed by atoms with Crippen molar-refractivity contribution < 1.29 is 22.6 Å². The van der Waals surface area contributed by atoms with Gasteiger partial charge < -0.3 is 20.5 Å². The van der Waals surface area contributed by atoms with E-state index >= 15 is 0 Å². The van der Waals surface area contributed by atoms with Crippen molar-refractivity contribution in [3.8, 4) is 11.5 Å². The van der Waals surface area contributed by atoms with Gasteiger partial charge in [0.1, 0.15) is 11.5 Å². The Balaban J connectivity index is 0.00000392. The molecule has 2 rings (SSSR count). The molecule has 0 spiro atoms. The summed E-state index contributed by atoms with van der Waals surface area (Å²) in [5.41, 5.74) is 5.65. The third-order valence-corrected chi connectivity index (χ3v) is 3.54. The van der Waals surface area contributed by atoms with Gasteiger partial charge in [0.25, 0.3) is 0 Å². The fraction of sp³-hybridized carbons (Fsp3) is 0.316. The molecule has 0 aliphatic rings. The van der Waals surface area contributed by atoms with Gasteiger partial charge in [-0.3, -0.25) is 0 Å². The lowest BCUT2D eigenvalue weighted by atomic mass is 10.1. The molecule has 0 heterocycles. The maximum absolute atomic E-state index is 13.3. The molecule has 0 unspecified atom stereocenters. The Kier molecular flexibility index (Phi) is 8.86. The van der Waals surface area contributed by atoms with Crippen molar-refractivity contribution in [3.05, 3.63) is 53.6 Å². The minimum absolute atomic E-state index is 0. The van der Waals surface area contributed by atoms with Crippen LogP contribution in [0.3, 0.4) is 0 Å². The Hall–Kier alpha value is -2.17. The van der Waals surface area contributed by atoms with E-state index in [1.807, 2.05) is 0 Å². The van der Waals surface area contributed by atoms with Crippen molar-refractivity contribution in [1.29, 1.82) is 0 Å². The molecule has 0 amide bonds. The van der Waals surface area contributed by atoms with E-state index in [-0.39, 0.29) is 53.9 Å². The van der Waals surface area contributed by atoms with Crippen LogP contribution in [0.4, 0.5) is 18.9 Å². The number of rotatable bonds is 6. The van der Waals surface area contributed by atoms with Crippen LogP contribution in [0.15, 0.2) is 47.5 Å². The molecule has 28 heavy (non-hydrogen) atoms. The number of aliphatic imine (C=N–C) groups is 1. The number of nitrogens with one attached hydrogen (secondary N) is 1. The topological polar surface area (TPSA) is 68.9 Å². The molecule has 2 aromatic carbocycles. The average Bonchev–Trinajstić information content (AvgIpc) is 2.60. The van der Waals surface area contributed by atoms with E-state index in [1.165, 1.54) is 12.1 Å². The van der Waals surface area contributed by atoms with E-state index in [1.54, 1.807) is 45.2 Å². The van der Waals surface area contributed by atoms with Gasteiger partial charge in [0, 0.05) is 5.69 Å². The van der Waals surface area contributed by atoms with Crippen LogP contribution >= 0.6 is 24.0 Å². The summed E-state index contributed by atoms with van der Waals surface area (Å²) in [7, 11) is 1.55. The molecule has 154 valence electrons. The van der Waals surface area contributed by atoms with E-state index in [9.17, 15) is 13.2 Å². The summed E-state index contributed by atoms with van der Waals surface area (Å²) in [6, 6.07) is 10.7. The van der Waals surface area contributed by atoms with Gasteiger partial charge in [-0.2, -0.15) is 13.2 Å². The highest BCUT2D eigenvalue weighted by molar-refractivity contribution is 14.0. The molecule has 0 saturated heterocycles. The van der Waals surface area contributed by atoms with Crippen LogP contribution in [0.2, 0.25) is 0 Å². The zero-order chi connectivity index (χ0) is 20.0. The van der Waals surface area contributed by atoms with Crippen molar-refractivity contribution in [2.45, 2.75) is 32.7 Å². The van der Waals surface area contributed by atoms with E-state index in [4.69, 9.17) is 15.2 Å². The number of alkyl halides is 3. The first kappa shape index (κ1) is 23.9. The van der Waals surface area contributed by atoms with E-state index in [2.05, 4.69) is 10.3 Å². The van der Waals surface area contributed by atoms with Crippen LogP contribution in [0.25, 0.3) is 0 Å². The van der Waals surface area contributed by atoms with Crippen LogP contribution < -0.4 is 20.5 Å². The molecule has 0 saturated carbocycles. The number of guanidine groups is 1. The molecular formula is C19H23F3IN3O2. The fourth-order valence-corrected chi connectivity index (χ4v) is 2.33. The minimum atomic E-state index is -4.51. The van der Waals surface area contributed by atoms with Gasteiger partial charge in [-0.25, -0.2) is 4.99 Å². The first-order valence-electron chi connectivity index (χ1n) is 8.27. The summed E-state index contributed by atoms with van der Waals surface area (Å²) in [5, 5.41) is 2.83. The van der Waals surface area contributed by atoms with Crippen molar-refractivity contribution in [1.82, 2.24) is 0 Å². The van der Waals surface area contributed by atoms with Crippen molar-refractivity contribution in [2.24, 2.45) is 10.7 Å². The lowest BCUT2D eigenvalue weighted by Gasteiger charge is -2.16. The first-order valence-corrected chi connectivity index (χ1v) is 8.27. The number of ether oxygens (including phenoxy) is 2. The smallest absolute Gasteiger partial charge is 0.416 e. The minimum Gasteiger partial charge on any atom is -0.497 e. The van der Waals surface area contributed by atoms with Gasteiger partial charge in [-0.1, -0.05) is 6.07 Å². The van der Waals surface area contributed by atoms with Crippen LogP contribution in [-0.4, -0.2) is 19.2 Å². The molecule has 0 radical (unpaired) electrons. The normalized spacial score (nSPS) is 11.8. The van der Waals surface area contributed by atoms with Crippen LogP contribution in [-0.2, 0) is 12.7 Å². The predicted octanol–water partition coefficient (Wildman–Crippen LogP) is 5.05. The van der Waals surface area contributed by atoms with Crippen molar-refractivity contribution >= 4 is 35.6 Å².